The number of aromatic nitrogens is 5. The molecule has 22 rings (SSSR count). The van der Waals surface area contributed by atoms with Gasteiger partial charge >= 0.3 is 0 Å². The molecule has 0 fully saturated rings. The lowest BCUT2D eigenvalue weighted by Crippen LogP contribution is -2.02. The summed E-state index contributed by atoms with van der Waals surface area (Å²) in [5, 5.41) is 13.6. The second-order valence-corrected chi connectivity index (χ2v) is 26.8. The van der Waals surface area contributed by atoms with Crippen LogP contribution in [0.2, 0.25) is 0 Å². The number of hydrogen-bond acceptors (Lipinski definition) is 5. The normalized spacial score (nSPS) is 12.1. The van der Waals surface area contributed by atoms with Crippen molar-refractivity contribution in [3.63, 3.8) is 0 Å². The molecule has 0 saturated carbocycles. The third-order valence-electron chi connectivity index (χ3n) is 21.0. The summed E-state index contributed by atoms with van der Waals surface area (Å²) < 4.78 is 26.1. The quantitative estimate of drug-likeness (QED) is 0.144. The van der Waals surface area contributed by atoms with Crippen molar-refractivity contribution in [3.05, 3.63) is 334 Å². The smallest absolute Gasteiger partial charge is 0.160 e. The van der Waals surface area contributed by atoms with Crippen LogP contribution >= 0.6 is 0 Å². The maximum atomic E-state index is 6.31. The Bertz CT molecular complexity index is 7030. The van der Waals surface area contributed by atoms with E-state index < -0.39 is 0 Å². The molecular formula is C94H55N5O3. The molecule has 22 aromatic rings. The Hall–Kier alpha value is -13.8. The first-order chi connectivity index (χ1) is 50.5. The lowest BCUT2D eigenvalue weighted by Gasteiger charge is -2.17. The van der Waals surface area contributed by atoms with E-state index >= 15 is 0 Å². The van der Waals surface area contributed by atoms with E-state index in [0.29, 0.717) is 5.82 Å². The van der Waals surface area contributed by atoms with Gasteiger partial charge in [-0.3, -0.25) is 0 Å². The highest BCUT2D eigenvalue weighted by Crippen LogP contribution is 2.44. The molecule has 8 heteroatoms. The van der Waals surface area contributed by atoms with E-state index in [0.717, 1.165) is 199 Å². The predicted molar refractivity (Wildman–Crippen MR) is 419 cm³/mol. The monoisotopic (exact) mass is 1300 g/mol. The summed E-state index contributed by atoms with van der Waals surface area (Å²) in [6.07, 6.45) is 0. The third-order valence-corrected chi connectivity index (χ3v) is 21.0. The summed E-state index contributed by atoms with van der Waals surface area (Å²) in [6.45, 7) is 0. The van der Waals surface area contributed by atoms with Gasteiger partial charge in [0.2, 0.25) is 0 Å². The molecule has 8 nitrogen and oxygen atoms in total. The van der Waals surface area contributed by atoms with Gasteiger partial charge in [0, 0.05) is 98.4 Å². The van der Waals surface area contributed by atoms with Gasteiger partial charge in [-0.25, -0.2) is 9.97 Å². The van der Waals surface area contributed by atoms with Crippen LogP contribution in [-0.4, -0.2) is 23.7 Å². The van der Waals surface area contributed by atoms with Crippen LogP contribution in [0.1, 0.15) is 0 Å². The fourth-order valence-electron chi connectivity index (χ4n) is 16.3. The van der Waals surface area contributed by atoms with Crippen molar-refractivity contribution in [1.29, 1.82) is 0 Å². The zero-order valence-electron chi connectivity index (χ0n) is 54.7. The highest BCUT2D eigenvalue weighted by molar-refractivity contribution is 6.15. The molecule has 0 saturated heterocycles. The van der Waals surface area contributed by atoms with Crippen LogP contribution in [0.25, 0.3) is 216 Å². The largest absolute Gasteiger partial charge is 0.456 e. The van der Waals surface area contributed by atoms with Gasteiger partial charge in [-0.15, -0.1) is 0 Å². The van der Waals surface area contributed by atoms with E-state index in [2.05, 4.69) is 305 Å². The number of hydrogen-bond donors (Lipinski definition) is 0. The van der Waals surface area contributed by atoms with Crippen molar-refractivity contribution in [2.24, 2.45) is 0 Å². The zero-order chi connectivity index (χ0) is 66.7. The Labute approximate surface area is 582 Å². The average Bonchev–Trinajstić information content (AvgIpc) is 1.58. The summed E-state index contributed by atoms with van der Waals surface area (Å²) in [5.41, 5.74) is 26.1. The minimum atomic E-state index is 0.628. The van der Waals surface area contributed by atoms with E-state index in [9.17, 15) is 0 Å². The molecule has 0 radical (unpaired) electrons. The first kappa shape index (κ1) is 56.2. The molecule has 7 aromatic heterocycles. The molecule has 0 aliphatic carbocycles. The van der Waals surface area contributed by atoms with Gasteiger partial charge in [-0.1, -0.05) is 188 Å². The maximum absolute atomic E-state index is 6.31. The van der Waals surface area contributed by atoms with Crippen LogP contribution in [0.5, 0.6) is 0 Å². The summed E-state index contributed by atoms with van der Waals surface area (Å²) in [4.78, 5) is 11.1. The molecule has 474 valence electrons. The van der Waals surface area contributed by atoms with Crippen LogP contribution < -0.4 is 0 Å². The number of para-hydroxylation sites is 6. The zero-order valence-corrected chi connectivity index (χ0v) is 54.7. The van der Waals surface area contributed by atoms with Crippen LogP contribution in [0.15, 0.2) is 347 Å². The Morgan fingerprint density at radius 2 is 0.490 bits per heavy atom. The van der Waals surface area contributed by atoms with Crippen LogP contribution in [0.4, 0.5) is 0 Å². The molecular weight excluding hydrogens is 1250 g/mol. The standard InChI is InChI=1S/C94H55N5O3/c1-2-17-56(18-3-1)94-95-80(63-19-16-20-65(45-63)97-82-27-10-4-21-68(82)74-48-57(33-39-85(74)97)60-36-42-91-77(51-60)71-24-7-13-30-88(71)100-91)55-81(96-94)64-46-66(98-83-28-11-5-22-69(83)75-49-58(34-40-86(75)98)61-37-43-92-78(52-61)72-25-8-14-31-89(72)101-92)54-67(47-64)99-84-29-12-6-23-70(84)76-50-59(35-41-87(76)99)62-38-44-93-79(53-62)73-26-9-15-32-90(73)102-93/h1-55H. The molecule has 102 heavy (non-hydrogen) atoms. The Balaban J connectivity index is 0.735. The van der Waals surface area contributed by atoms with Gasteiger partial charge in [0.25, 0.3) is 0 Å². The number of rotatable bonds is 9. The van der Waals surface area contributed by atoms with Gasteiger partial charge in [-0.2, -0.15) is 0 Å². The second kappa shape index (κ2) is 21.8. The molecule has 0 aliphatic heterocycles. The Morgan fingerprint density at radius 1 is 0.176 bits per heavy atom. The van der Waals surface area contributed by atoms with Crippen molar-refractivity contribution in [2.75, 3.05) is 0 Å². The van der Waals surface area contributed by atoms with Crippen LogP contribution in [-0.2, 0) is 0 Å². The molecule has 0 N–H and O–H groups in total. The fraction of sp³-hybridized carbons (Fsp3) is 0. The molecule has 0 bridgehead atoms. The molecule has 0 unspecified atom stereocenters. The highest BCUT2D eigenvalue weighted by atomic mass is 16.3. The van der Waals surface area contributed by atoms with Gasteiger partial charge in [-0.05, 0) is 179 Å². The molecule has 0 atom stereocenters. The summed E-state index contributed by atoms with van der Waals surface area (Å²) in [6, 6.07) is 120. The fourth-order valence-corrected chi connectivity index (χ4v) is 16.3. The topological polar surface area (TPSA) is 80.0 Å². The lowest BCUT2D eigenvalue weighted by molar-refractivity contribution is 0.668. The first-order valence-corrected chi connectivity index (χ1v) is 34.6. The molecule has 15 aromatic carbocycles. The van der Waals surface area contributed by atoms with Gasteiger partial charge < -0.3 is 27.0 Å². The molecule has 0 aliphatic rings. The van der Waals surface area contributed by atoms with Crippen molar-refractivity contribution in [1.82, 2.24) is 23.7 Å². The van der Waals surface area contributed by atoms with E-state index in [1.165, 1.54) is 10.8 Å². The molecule has 0 spiro atoms. The second-order valence-electron chi connectivity index (χ2n) is 26.8. The number of benzene rings is 15. The minimum absolute atomic E-state index is 0.628. The number of furan rings is 3. The molecule has 0 amide bonds. The van der Waals surface area contributed by atoms with E-state index in [4.69, 9.17) is 23.2 Å². The SMILES string of the molecule is c1ccc(-c2nc(-c3cccc(-n4c5ccccc5c5cc(-c6ccc7oc8ccccc8c7c6)ccc54)c3)cc(-c3cc(-n4c5ccccc5c5cc(-c6ccc7oc8ccccc8c7c6)ccc54)cc(-n4c5ccccc5c5cc(-c6ccc7oc8ccccc8c7c6)ccc54)c3)n2)cc1. The summed E-state index contributed by atoms with van der Waals surface area (Å²) in [7, 11) is 0. The van der Waals surface area contributed by atoms with Gasteiger partial charge in [0.05, 0.1) is 44.5 Å². The summed E-state index contributed by atoms with van der Waals surface area (Å²) in [5.74, 6) is 0.628. The molecule has 7 heterocycles. The Kier molecular flexibility index (Phi) is 12.0. The van der Waals surface area contributed by atoms with E-state index in [1.807, 2.05) is 42.5 Å². The number of fused-ring (bicyclic) bond motifs is 18. The maximum Gasteiger partial charge on any atom is 0.160 e. The third kappa shape index (κ3) is 8.69. The van der Waals surface area contributed by atoms with Crippen molar-refractivity contribution < 1.29 is 13.3 Å². The van der Waals surface area contributed by atoms with E-state index in [-0.39, 0.29) is 0 Å². The average molecular weight is 1300 g/mol. The van der Waals surface area contributed by atoms with Gasteiger partial charge in [0.15, 0.2) is 5.82 Å². The van der Waals surface area contributed by atoms with Crippen LogP contribution in [0, 0.1) is 0 Å². The lowest BCUT2D eigenvalue weighted by atomic mass is 10.0. The van der Waals surface area contributed by atoms with Crippen molar-refractivity contribution >= 4 is 131 Å². The summed E-state index contributed by atoms with van der Waals surface area (Å²) >= 11 is 0. The first-order valence-electron chi connectivity index (χ1n) is 34.6. The predicted octanol–water partition coefficient (Wildman–Crippen LogP) is 25.5. The minimum Gasteiger partial charge on any atom is -0.456 e. The van der Waals surface area contributed by atoms with Gasteiger partial charge in [0.1, 0.15) is 33.5 Å². The Morgan fingerprint density at radius 3 is 0.922 bits per heavy atom. The van der Waals surface area contributed by atoms with Crippen LogP contribution in [0.3, 0.4) is 0 Å². The van der Waals surface area contributed by atoms with Crippen molar-refractivity contribution in [3.8, 4) is 84.3 Å². The number of nitrogens with zero attached hydrogens (tertiary/aromatic N) is 5. The van der Waals surface area contributed by atoms with E-state index in [1.54, 1.807) is 0 Å². The highest BCUT2D eigenvalue weighted by Gasteiger charge is 2.23. The van der Waals surface area contributed by atoms with Crippen molar-refractivity contribution in [2.45, 2.75) is 0 Å².